The van der Waals surface area contributed by atoms with Gasteiger partial charge in [-0.1, -0.05) is 6.92 Å². The van der Waals surface area contributed by atoms with Crippen molar-refractivity contribution in [1.29, 1.82) is 0 Å². The van der Waals surface area contributed by atoms with Crippen LogP contribution in [0.25, 0.3) is 0 Å². The molecule has 3 heterocycles. The third kappa shape index (κ3) is 4.30. The van der Waals surface area contributed by atoms with Gasteiger partial charge >= 0.3 is 0 Å². The maximum absolute atomic E-state index is 9.91. The maximum Gasteiger partial charge on any atom is 0.0641 e. The molecular formula is C20H37N5O. The van der Waals surface area contributed by atoms with Crippen molar-refractivity contribution in [3.63, 3.8) is 0 Å². The first kappa shape index (κ1) is 19.8. The summed E-state index contributed by atoms with van der Waals surface area (Å²) >= 11 is 0. The molecule has 0 aliphatic carbocycles. The quantitative estimate of drug-likeness (QED) is 0.789. The summed E-state index contributed by atoms with van der Waals surface area (Å²) < 4.78 is 2.11. The van der Waals surface area contributed by atoms with Gasteiger partial charge in [-0.3, -0.25) is 9.58 Å². The van der Waals surface area contributed by atoms with Gasteiger partial charge in [0.2, 0.25) is 0 Å². The van der Waals surface area contributed by atoms with Crippen LogP contribution in [0.5, 0.6) is 0 Å². The number of aryl methyl sites for hydroxylation is 2. The molecule has 148 valence electrons. The summed E-state index contributed by atoms with van der Waals surface area (Å²) in [5, 5.41) is 14.6. The standard InChI is InChI=1S/C20H37N5O/c1-5-22-7-9-23(10-8-22)11-18-12-24(13-19(18)15-26)14-20-16(3)21-25(6-2)17(20)4/h18-19,26H,5-15H2,1-4H3/t18-,19-/m1/s1. The fourth-order valence-electron chi connectivity index (χ4n) is 4.69. The molecule has 1 aromatic heterocycles. The number of rotatable bonds is 7. The van der Waals surface area contributed by atoms with Crippen molar-refractivity contribution in [2.24, 2.45) is 11.8 Å². The Morgan fingerprint density at radius 2 is 1.58 bits per heavy atom. The minimum absolute atomic E-state index is 0.308. The minimum atomic E-state index is 0.308. The molecule has 6 nitrogen and oxygen atoms in total. The van der Waals surface area contributed by atoms with Crippen LogP contribution in [-0.4, -0.2) is 88.6 Å². The fourth-order valence-corrected chi connectivity index (χ4v) is 4.69. The van der Waals surface area contributed by atoms with E-state index in [-0.39, 0.29) is 0 Å². The molecule has 26 heavy (non-hydrogen) atoms. The summed E-state index contributed by atoms with van der Waals surface area (Å²) in [7, 11) is 0. The fraction of sp³-hybridized carbons (Fsp3) is 0.850. The van der Waals surface area contributed by atoms with Crippen molar-refractivity contribution < 1.29 is 5.11 Å². The highest BCUT2D eigenvalue weighted by Gasteiger charge is 2.34. The largest absolute Gasteiger partial charge is 0.396 e. The van der Waals surface area contributed by atoms with Crippen LogP contribution < -0.4 is 0 Å². The minimum Gasteiger partial charge on any atom is -0.396 e. The third-order valence-corrected chi connectivity index (χ3v) is 6.50. The molecule has 6 heteroatoms. The Balaban J connectivity index is 1.58. The molecule has 2 saturated heterocycles. The Labute approximate surface area is 158 Å². The first-order valence-electron chi connectivity index (χ1n) is 10.4. The van der Waals surface area contributed by atoms with Gasteiger partial charge < -0.3 is 14.9 Å². The van der Waals surface area contributed by atoms with E-state index < -0.39 is 0 Å². The Hall–Kier alpha value is -0.950. The molecule has 0 spiro atoms. The second-order valence-electron chi connectivity index (χ2n) is 8.10. The monoisotopic (exact) mass is 363 g/mol. The number of aliphatic hydroxyl groups excluding tert-OH is 1. The zero-order chi connectivity index (χ0) is 18.7. The Morgan fingerprint density at radius 3 is 2.15 bits per heavy atom. The average molecular weight is 364 g/mol. The van der Waals surface area contributed by atoms with Crippen LogP contribution in [0.2, 0.25) is 0 Å². The molecule has 0 radical (unpaired) electrons. The zero-order valence-electron chi connectivity index (χ0n) is 17.1. The SMILES string of the molecule is CCN1CCN(C[C@@H]2CN(Cc3c(C)nn(CC)c3C)C[C@@H]2CO)CC1. The van der Waals surface area contributed by atoms with E-state index in [1.165, 1.54) is 37.4 Å². The Bertz CT molecular complexity index is 579. The number of likely N-dealkylation sites (N-methyl/N-ethyl adjacent to an activating group) is 1. The van der Waals surface area contributed by atoms with Gasteiger partial charge in [-0.05, 0) is 39.2 Å². The number of hydrogen-bond acceptors (Lipinski definition) is 5. The van der Waals surface area contributed by atoms with Crippen LogP contribution in [-0.2, 0) is 13.1 Å². The summed E-state index contributed by atoms with van der Waals surface area (Å²) in [5.74, 6) is 0.982. The normalized spacial score (nSPS) is 26.0. The summed E-state index contributed by atoms with van der Waals surface area (Å²) in [6.07, 6.45) is 0. The first-order chi connectivity index (χ1) is 12.5. The van der Waals surface area contributed by atoms with Gasteiger partial charge in [-0.15, -0.1) is 0 Å². The lowest BCUT2D eigenvalue weighted by atomic mass is 9.96. The Kier molecular flexibility index (Phi) is 6.72. The second kappa shape index (κ2) is 8.83. The first-order valence-corrected chi connectivity index (χ1v) is 10.4. The van der Waals surface area contributed by atoms with Gasteiger partial charge in [-0.2, -0.15) is 5.10 Å². The van der Waals surface area contributed by atoms with Gasteiger partial charge in [0.1, 0.15) is 0 Å². The van der Waals surface area contributed by atoms with Crippen molar-refractivity contribution in [2.45, 2.75) is 40.8 Å². The van der Waals surface area contributed by atoms with Crippen LogP contribution in [0.1, 0.15) is 30.8 Å². The van der Waals surface area contributed by atoms with E-state index in [2.05, 4.69) is 52.2 Å². The lowest BCUT2D eigenvalue weighted by Gasteiger charge is -2.36. The molecule has 3 rings (SSSR count). The van der Waals surface area contributed by atoms with Gasteiger partial charge in [0.25, 0.3) is 0 Å². The number of aromatic nitrogens is 2. The molecule has 2 atom stereocenters. The maximum atomic E-state index is 9.91. The average Bonchev–Trinajstić information content (AvgIpc) is 3.17. The lowest BCUT2D eigenvalue weighted by Crippen LogP contribution is -2.48. The molecule has 1 N–H and O–H groups in total. The van der Waals surface area contributed by atoms with Crippen molar-refractivity contribution in [3.05, 3.63) is 17.0 Å². The van der Waals surface area contributed by atoms with E-state index in [0.717, 1.165) is 45.0 Å². The Morgan fingerprint density at radius 1 is 0.923 bits per heavy atom. The van der Waals surface area contributed by atoms with E-state index in [1.54, 1.807) is 0 Å². The predicted octanol–water partition coefficient (Wildman–Crippen LogP) is 1.20. The molecule has 2 aliphatic heterocycles. The third-order valence-electron chi connectivity index (χ3n) is 6.50. The summed E-state index contributed by atoms with van der Waals surface area (Å²) in [6, 6.07) is 0. The van der Waals surface area contributed by atoms with Gasteiger partial charge in [0.05, 0.1) is 5.69 Å². The lowest BCUT2D eigenvalue weighted by molar-refractivity contribution is 0.106. The van der Waals surface area contributed by atoms with Gasteiger partial charge in [0.15, 0.2) is 0 Å². The zero-order valence-corrected chi connectivity index (χ0v) is 17.1. The molecule has 0 bridgehead atoms. The van der Waals surface area contributed by atoms with E-state index >= 15 is 0 Å². The number of nitrogens with zero attached hydrogens (tertiary/aromatic N) is 5. The molecule has 0 unspecified atom stereocenters. The highest BCUT2D eigenvalue weighted by molar-refractivity contribution is 5.24. The van der Waals surface area contributed by atoms with E-state index in [9.17, 15) is 5.11 Å². The molecule has 2 fully saturated rings. The van der Waals surface area contributed by atoms with Gasteiger partial charge in [0, 0.05) is 76.8 Å². The highest BCUT2D eigenvalue weighted by atomic mass is 16.3. The molecular weight excluding hydrogens is 326 g/mol. The number of hydrogen-bond donors (Lipinski definition) is 1. The van der Waals surface area contributed by atoms with Crippen LogP contribution in [0.15, 0.2) is 0 Å². The summed E-state index contributed by atoms with van der Waals surface area (Å²) in [5.41, 5.74) is 3.83. The summed E-state index contributed by atoms with van der Waals surface area (Å²) in [4.78, 5) is 7.66. The smallest absolute Gasteiger partial charge is 0.0641 e. The molecule has 0 saturated carbocycles. The summed E-state index contributed by atoms with van der Waals surface area (Å²) in [6.45, 7) is 20.0. The van der Waals surface area contributed by atoms with Crippen LogP contribution in [0.4, 0.5) is 0 Å². The van der Waals surface area contributed by atoms with Crippen molar-refractivity contribution in [3.8, 4) is 0 Å². The molecule has 0 amide bonds. The number of piperazine rings is 1. The van der Waals surface area contributed by atoms with E-state index in [4.69, 9.17) is 0 Å². The number of likely N-dealkylation sites (tertiary alicyclic amines) is 1. The van der Waals surface area contributed by atoms with Crippen molar-refractivity contribution in [1.82, 2.24) is 24.5 Å². The van der Waals surface area contributed by atoms with Gasteiger partial charge in [-0.25, -0.2) is 0 Å². The van der Waals surface area contributed by atoms with Crippen LogP contribution >= 0.6 is 0 Å². The van der Waals surface area contributed by atoms with E-state index in [1.807, 2.05) is 0 Å². The molecule has 1 aromatic rings. The molecule has 0 aromatic carbocycles. The topological polar surface area (TPSA) is 47.8 Å². The number of aliphatic hydroxyl groups is 1. The van der Waals surface area contributed by atoms with Crippen LogP contribution in [0, 0.1) is 25.7 Å². The molecule has 2 aliphatic rings. The van der Waals surface area contributed by atoms with Crippen LogP contribution in [0.3, 0.4) is 0 Å². The predicted molar refractivity (Wildman–Crippen MR) is 105 cm³/mol. The van der Waals surface area contributed by atoms with Crippen molar-refractivity contribution in [2.75, 3.05) is 59.0 Å². The highest BCUT2D eigenvalue weighted by Crippen LogP contribution is 2.27. The van der Waals surface area contributed by atoms with E-state index in [0.29, 0.717) is 18.4 Å². The second-order valence-corrected chi connectivity index (χ2v) is 8.10. The van der Waals surface area contributed by atoms with Crippen molar-refractivity contribution >= 4 is 0 Å².